The number of aromatic nitrogens is 1. The van der Waals surface area contributed by atoms with Crippen LogP contribution in [0, 0.1) is 18.8 Å². The normalized spacial score (nSPS) is 9.88. The number of oxazole rings is 1. The molecule has 24 heavy (non-hydrogen) atoms. The van der Waals surface area contributed by atoms with E-state index in [0.29, 0.717) is 11.7 Å². The van der Waals surface area contributed by atoms with E-state index < -0.39 is 0 Å². The average Bonchev–Trinajstić information content (AvgIpc) is 3.02. The van der Waals surface area contributed by atoms with E-state index in [-0.39, 0.29) is 18.1 Å². The lowest BCUT2D eigenvalue weighted by Gasteiger charge is -1.97. The van der Waals surface area contributed by atoms with Crippen LogP contribution in [0.5, 0.6) is 0 Å². The molecule has 0 aliphatic carbocycles. The third kappa shape index (κ3) is 3.71. The van der Waals surface area contributed by atoms with Gasteiger partial charge >= 0.3 is 0 Å². The highest BCUT2D eigenvalue weighted by Crippen LogP contribution is 2.21. The van der Waals surface area contributed by atoms with E-state index >= 15 is 0 Å². The molecule has 2 aromatic carbocycles. The number of rotatable bonds is 3. The van der Waals surface area contributed by atoms with Crippen molar-refractivity contribution >= 4 is 5.91 Å². The largest absolute Gasteiger partial charge is 0.441 e. The fourth-order valence-electron chi connectivity index (χ4n) is 2.19. The molecular formula is C20H16N2O2. The molecule has 1 aromatic heterocycles. The maximum absolute atomic E-state index is 12.2. The predicted octanol–water partition coefficient (Wildman–Crippen LogP) is 3.43. The Bertz CT molecular complexity index is 888. The summed E-state index contributed by atoms with van der Waals surface area (Å²) in [5.74, 6) is 6.54. The highest BCUT2D eigenvalue weighted by molar-refractivity contribution is 5.93. The quantitative estimate of drug-likeness (QED) is 0.753. The lowest BCUT2D eigenvalue weighted by atomic mass is 10.2. The number of aryl methyl sites for hydroxylation is 1. The highest BCUT2D eigenvalue weighted by atomic mass is 16.4. The van der Waals surface area contributed by atoms with Crippen LogP contribution in [0.1, 0.15) is 21.8 Å². The Morgan fingerprint density at radius 3 is 2.46 bits per heavy atom. The fourth-order valence-corrected chi connectivity index (χ4v) is 2.19. The topological polar surface area (TPSA) is 55.1 Å². The molecule has 1 heterocycles. The van der Waals surface area contributed by atoms with Crippen LogP contribution in [-0.4, -0.2) is 17.4 Å². The van der Waals surface area contributed by atoms with Crippen molar-refractivity contribution in [3.63, 3.8) is 0 Å². The molecule has 0 bridgehead atoms. The Morgan fingerprint density at radius 2 is 1.75 bits per heavy atom. The number of benzene rings is 2. The molecule has 0 spiro atoms. The van der Waals surface area contributed by atoms with Crippen LogP contribution in [0.2, 0.25) is 0 Å². The molecule has 3 aromatic rings. The molecule has 1 amide bonds. The monoisotopic (exact) mass is 316 g/mol. The van der Waals surface area contributed by atoms with Crippen molar-refractivity contribution in [3.05, 3.63) is 77.7 Å². The summed E-state index contributed by atoms with van der Waals surface area (Å²) < 4.78 is 5.59. The van der Waals surface area contributed by atoms with Gasteiger partial charge in [0.25, 0.3) is 5.91 Å². The molecule has 118 valence electrons. The van der Waals surface area contributed by atoms with Gasteiger partial charge in [-0.15, -0.1) is 0 Å². The summed E-state index contributed by atoms with van der Waals surface area (Å²) in [6.07, 6.45) is 0. The van der Waals surface area contributed by atoms with Crippen LogP contribution < -0.4 is 5.32 Å². The maximum Gasteiger partial charge on any atom is 0.274 e. The SMILES string of the molecule is Cc1oc(-c2ccccc2)nc1C(=O)NCC#Cc1ccccc1. The Labute approximate surface area is 140 Å². The summed E-state index contributed by atoms with van der Waals surface area (Å²) in [7, 11) is 0. The zero-order valence-corrected chi connectivity index (χ0v) is 13.2. The van der Waals surface area contributed by atoms with Gasteiger partial charge in [-0.3, -0.25) is 4.79 Å². The molecule has 0 aliphatic rings. The van der Waals surface area contributed by atoms with Crippen molar-refractivity contribution in [3.8, 4) is 23.3 Å². The van der Waals surface area contributed by atoms with Crippen LogP contribution in [-0.2, 0) is 0 Å². The molecule has 4 heteroatoms. The van der Waals surface area contributed by atoms with Crippen molar-refractivity contribution < 1.29 is 9.21 Å². The van der Waals surface area contributed by atoms with Gasteiger partial charge in [0.05, 0.1) is 6.54 Å². The minimum absolute atomic E-state index is 0.251. The Balaban J connectivity index is 1.66. The third-order valence-electron chi connectivity index (χ3n) is 3.38. The zero-order chi connectivity index (χ0) is 16.8. The van der Waals surface area contributed by atoms with E-state index in [9.17, 15) is 4.79 Å². The first-order valence-corrected chi connectivity index (χ1v) is 7.59. The Hall–Kier alpha value is -3.32. The van der Waals surface area contributed by atoms with Crippen LogP contribution >= 0.6 is 0 Å². The van der Waals surface area contributed by atoms with Crippen LogP contribution in [0.25, 0.3) is 11.5 Å². The van der Waals surface area contributed by atoms with E-state index in [1.165, 1.54) is 0 Å². The van der Waals surface area contributed by atoms with Crippen LogP contribution in [0.3, 0.4) is 0 Å². The lowest BCUT2D eigenvalue weighted by molar-refractivity contribution is 0.0953. The maximum atomic E-state index is 12.2. The second-order valence-electron chi connectivity index (χ2n) is 5.14. The van der Waals surface area contributed by atoms with Gasteiger partial charge in [0.15, 0.2) is 5.69 Å². The Morgan fingerprint density at radius 1 is 1.08 bits per heavy atom. The van der Waals surface area contributed by atoms with Crippen molar-refractivity contribution in [1.29, 1.82) is 0 Å². The van der Waals surface area contributed by atoms with E-state index in [1.54, 1.807) is 6.92 Å². The molecule has 0 fully saturated rings. The van der Waals surface area contributed by atoms with Crippen LogP contribution in [0.15, 0.2) is 65.1 Å². The van der Waals surface area contributed by atoms with E-state index in [4.69, 9.17) is 4.42 Å². The van der Waals surface area contributed by atoms with Gasteiger partial charge in [0, 0.05) is 11.1 Å². The van der Waals surface area contributed by atoms with Gasteiger partial charge in [0.2, 0.25) is 5.89 Å². The number of hydrogen-bond donors (Lipinski definition) is 1. The molecule has 0 radical (unpaired) electrons. The van der Waals surface area contributed by atoms with Gasteiger partial charge in [0.1, 0.15) is 5.76 Å². The predicted molar refractivity (Wildman–Crippen MR) is 92.3 cm³/mol. The van der Waals surface area contributed by atoms with Gasteiger partial charge in [-0.25, -0.2) is 4.98 Å². The molecule has 0 saturated carbocycles. The number of hydrogen-bond acceptors (Lipinski definition) is 3. The minimum atomic E-state index is -0.291. The number of amides is 1. The second kappa shape index (κ2) is 7.30. The molecule has 0 saturated heterocycles. The first-order chi connectivity index (χ1) is 11.7. The highest BCUT2D eigenvalue weighted by Gasteiger charge is 2.17. The molecule has 3 rings (SSSR count). The molecule has 0 atom stereocenters. The number of carbonyl (C=O) groups excluding carboxylic acids is 1. The van der Waals surface area contributed by atoms with Crippen molar-refractivity contribution in [2.24, 2.45) is 0 Å². The lowest BCUT2D eigenvalue weighted by Crippen LogP contribution is -2.24. The first kappa shape index (κ1) is 15.6. The van der Waals surface area contributed by atoms with Crippen molar-refractivity contribution in [2.45, 2.75) is 6.92 Å². The van der Waals surface area contributed by atoms with Gasteiger partial charge in [-0.2, -0.15) is 0 Å². The molecule has 1 N–H and O–H groups in total. The summed E-state index contributed by atoms with van der Waals surface area (Å²) in [5.41, 5.74) is 2.04. The summed E-state index contributed by atoms with van der Waals surface area (Å²) in [6, 6.07) is 19.1. The van der Waals surface area contributed by atoms with E-state index in [1.807, 2.05) is 60.7 Å². The number of carbonyl (C=O) groups is 1. The van der Waals surface area contributed by atoms with Gasteiger partial charge in [-0.05, 0) is 31.2 Å². The second-order valence-corrected chi connectivity index (χ2v) is 5.14. The minimum Gasteiger partial charge on any atom is -0.441 e. The molecule has 0 unspecified atom stereocenters. The summed E-state index contributed by atoms with van der Waals surface area (Å²) >= 11 is 0. The van der Waals surface area contributed by atoms with E-state index in [0.717, 1.165) is 11.1 Å². The number of nitrogens with one attached hydrogen (secondary N) is 1. The standard InChI is InChI=1S/C20H16N2O2/c1-15-18(22-20(24-15)17-12-6-3-7-13-17)19(23)21-14-8-11-16-9-4-2-5-10-16/h2-7,9-10,12-13H,14H2,1H3,(H,21,23). The zero-order valence-electron chi connectivity index (χ0n) is 13.2. The third-order valence-corrected chi connectivity index (χ3v) is 3.38. The van der Waals surface area contributed by atoms with E-state index in [2.05, 4.69) is 22.1 Å². The first-order valence-electron chi connectivity index (χ1n) is 7.59. The molecule has 0 aliphatic heterocycles. The molecular weight excluding hydrogens is 300 g/mol. The van der Waals surface area contributed by atoms with Crippen molar-refractivity contribution in [1.82, 2.24) is 10.3 Å². The smallest absolute Gasteiger partial charge is 0.274 e. The van der Waals surface area contributed by atoms with Gasteiger partial charge in [-0.1, -0.05) is 48.2 Å². The van der Waals surface area contributed by atoms with Gasteiger partial charge < -0.3 is 9.73 Å². The summed E-state index contributed by atoms with van der Waals surface area (Å²) in [5, 5.41) is 2.74. The van der Waals surface area contributed by atoms with Crippen LogP contribution in [0.4, 0.5) is 0 Å². The summed E-state index contributed by atoms with van der Waals surface area (Å²) in [4.78, 5) is 16.5. The summed E-state index contributed by atoms with van der Waals surface area (Å²) in [6.45, 7) is 1.98. The molecule has 4 nitrogen and oxygen atoms in total. The van der Waals surface area contributed by atoms with Crippen molar-refractivity contribution in [2.75, 3.05) is 6.54 Å². The fraction of sp³-hybridized carbons (Fsp3) is 0.100. The Kier molecular flexibility index (Phi) is 4.73. The number of nitrogens with zero attached hydrogens (tertiary/aromatic N) is 1. The average molecular weight is 316 g/mol.